The Balaban J connectivity index is 2.36. The Morgan fingerprint density at radius 1 is 1.42 bits per heavy atom. The number of ether oxygens (including phenoxy) is 2. The molecule has 1 amide bonds. The third-order valence-corrected chi connectivity index (χ3v) is 3.09. The standard InChI is InChI=1S/C12H22N2O5/c1-3-19-12(17)14-6-4-9(5-7-14)13-10(8-18-2)11(15)16/h9-10,13H,3-8H2,1-2H3,(H,15,16). The topological polar surface area (TPSA) is 88.1 Å². The fraction of sp³-hybridized carbons (Fsp3) is 0.833. The normalized spacial score (nSPS) is 18.1. The van der Waals surface area contributed by atoms with Gasteiger partial charge >= 0.3 is 12.1 Å². The zero-order valence-electron chi connectivity index (χ0n) is 11.4. The van der Waals surface area contributed by atoms with Gasteiger partial charge in [0.2, 0.25) is 0 Å². The van der Waals surface area contributed by atoms with Crippen molar-refractivity contribution < 1.29 is 24.2 Å². The van der Waals surface area contributed by atoms with E-state index in [1.807, 2.05) is 0 Å². The van der Waals surface area contributed by atoms with Gasteiger partial charge in [-0.05, 0) is 19.8 Å². The molecule has 0 aromatic heterocycles. The predicted octanol–water partition coefficient (Wildman–Crippen LogP) is 0.297. The number of carboxylic acid groups (broad SMARTS) is 1. The van der Waals surface area contributed by atoms with Gasteiger partial charge in [0.15, 0.2) is 0 Å². The monoisotopic (exact) mass is 274 g/mol. The van der Waals surface area contributed by atoms with Crippen LogP contribution < -0.4 is 5.32 Å². The summed E-state index contributed by atoms with van der Waals surface area (Å²) in [6, 6.07) is -0.619. The number of likely N-dealkylation sites (tertiary alicyclic amines) is 1. The van der Waals surface area contributed by atoms with Crippen LogP contribution in [0.4, 0.5) is 4.79 Å². The summed E-state index contributed by atoms with van der Waals surface area (Å²) in [6.07, 6.45) is 1.13. The number of nitrogens with one attached hydrogen (secondary N) is 1. The highest BCUT2D eigenvalue weighted by Gasteiger charge is 2.27. The van der Waals surface area contributed by atoms with Crippen molar-refractivity contribution in [3.63, 3.8) is 0 Å². The van der Waals surface area contributed by atoms with E-state index in [2.05, 4.69) is 5.32 Å². The van der Waals surface area contributed by atoms with Crippen LogP contribution in [0.2, 0.25) is 0 Å². The highest BCUT2D eigenvalue weighted by atomic mass is 16.6. The van der Waals surface area contributed by atoms with Gasteiger partial charge in [0.05, 0.1) is 13.2 Å². The molecule has 1 unspecified atom stereocenters. The first kappa shape index (κ1) is 15.7. The first-order valence-electron chi connectivity index (χ1n) is 6.48. The van der Waals surface area contributed by atoms with Gasteiger partial charge in [-0.1, -0.05) is 0 Å². The summed E-state index contributed by atoms with van der Waals surface area (Å²) < 4.78 is 9.80. The molecular weight excluding hydrogens is 252 g/mol. The lowest BCUT2D eigenvalue weighted by Crippen LogP contribution is -2.51. The molecule has 0 aliphatic carbocycles. The number of carboxylic acids is 1. The third kappa shape index (κ3) is 5.04. The van der Waals surface area contributed by atoms with Gasteiger partial charge in [-0.3, -0.25) is 10.1 Å². The average molecular weight is 274 g/mol. The van der Waals surface area contributed by atoms with E-state index < -0.39 is 12.0 Å². The number of amides is 1. The number of hydrogen-bond acceptors (Lipinski definition) is 5. The second kappa shape index (κ2) is 7.96. The van der Waals surface area contributed by atoms with E-state index in [1.165, 1.54) is 7.11 Å². The number of nitrogens with zero attached hydrogens (tertiary/aromatic N) is 1. The summed E-state index contributed by atoms with van der Waals surface area (Å²) in [5, 5.41) is 12.1. The van der Waals surface area contributed by atoms with Crippen LogP contribution in [0.3, 0.4) is 0 Å². The molecule has 0 saturated carbocycles. The summed E-state index contributed by atoms with van der Waals surface area (Å²) >= 11 is 0. The SMILES string of the molecule is CCOC(=O)N1CCC(NC(COC)C(=O)O)CC1. The number of carbonyl (C=O) groups excluding carboxylic acids is 1. The number of piperidine rings is 1. The van der Waals surface area contributed by atoms with Crippen molar-refractivity contribution in [2.75, 3.05) is 33.4 Å². The van der Waals surface area contributed by atoms with Crippen LogP contribution in [-0.2, 0) is 14.3 Å². The van der Waals surface area contributed by atoms with Gasteiger partial charge in [-0.15, -0.1) is 0 Å². The number of rotatable bonds is 6. The van der Waals surface area contributed by atoms with Crippen molar-refractivity contribution in [3.05, 3.63) is 0 Å². The van der Waals surface area contributed by atoms with Crippen LogP contribution in [0.15, 0.2) is 0 Å². The lowest BCUT2D eigenvalue weighted by Gasteiger charge is -2.33. The molecule has 1 heterocycles. The van der Waals surface area contributed by atoms with Gasteiger partial charge in [0.1, 0.15) is 6.04 Å². The Bertz CT molecular complexity index is 302. The molecule has 2 N–H and O–H groups in total. The van der Waals surface area contributed by atoms with E-state index >= 15 is 0 Å². The molecule has 7 nitrogen and oxygen atoms in total. The molecule has 1 aliphatic heterocycles. The highest BCUT2D eigenvalue weighted by Crippen LogP contribution is 2.12. The summed E-state index contributed by atoms with van der Waals surface area (Å²) in [4.78, 5) is 24.1. The summed E-state index contributed by atoms with van der Waals surface area (Å²) in [7, 11) is 1.47. The molecule has 0 aromatic carbocycles. The minimum Gasteiger partial charge on any atom is -0.480 e. The smallest absolute Gasteiger partial charge is 0.409 e. The fourth-order valence-electron chi connectivity index (χ4n) is 2.09. The van der Waals surface area contributed by atoms with Crippen LogP contribution in [0, 0.1) is 0 Å². The van der Waals surface area contributed by atoms with Crippen LogP contribution in [0.1, 0.15) is 19.8 Å². The minimum absolute atomic E-state index is 0.0851. The lowest BCUT2D eigenvalue weighted by atomic mass is 10.0. The highest BCUT2D eigenvalue weighted by molar-refractivity contribution is 5.73. The lowest BCUT2D eigenvalue weighted by molar-refractivity contribution is -0.141. The molecule has 0 aromatic rings. The Labute approximate surface area is 112 Å². The van der Waals surface area contributed by atoms with Crippen molar-refractivity contribution in [1.29, 1.82) is 0 Å². The largest absolute Gasteiger partial charge is 0.480 e. The van der Waals surface area contributed by atoms with E-state index in [-0.39, 0.29) is 18.7 Å². The van der Waals surface area contributed by atoms with Crippen LogP contribution in [-0.4, -0.2) is 67.6 Å². The second-order valence-corrected chi connectivity index (χ2v) is 4.47. The second-order valence-electron chi connectivity index (χ2n) is 4.47. The Hall–Kier alpha value is -1.34. The molecule has 1 rings (SSSR count). The zero-order valence-corrected chi connectivity index (χ0v) is 11.4. The molecule has 110 valence electrons. The Morgan fingerprint density at radius 3 is 2.53 bits per heavy atom. The first-order chi connectivity index (χ1) is 9.08. The molecule has 1 atom stereocenters. The van der Waals surface area contributed by atoms with E-state index in [1.54, 1.807) is 11.8 Å². The van der Waals surface area contributed by atoms with Gasteiger partial charge in [0.25, 0.3) is 0 Å². The van der Waals surface area contributed by atoms with Gasteiger partial charge in [-0.25, -0.2) is 4.79 Å². The van der Waals surface area contributed by atoms with Crippen molar-refractivity contribution >= 4 is 12.1 Å². The maximum Gasteiger partial charge on any atom is 0.409 e. The van der Waals surface area contributed by atoms with Gasteiger partial charge in [-0.2, -0.15) is 0 Å². The molecular formula is C12H22N2O5. The molecule has 1 aliphatic rings. The molecule has 0 radical (unpaired) electrons. The molecule has 1 fully saturated rings. The maximum atomic E-state index is 11.5. The van der Waals surface area contributed by atoms with Crippen molar-refractivity contribution in [2.24, 2.45) is 0 Å². The van der Waals surface area contributed by atoms with Crippen molar-refractivity contribution in [3.8, 4) is 0 Å². The molecule has 19 heavy (non-hydrogen) atoms. The zero-order chi connectivity index (χ0) is 14.3. The average Bonchev–Trinajstić information content (AvgIpc) is 2.39. The van der Waals surface area contributed by atoms with Crippen LogP contribution >= 0.6 is 0 Å². The number of carbonyl (C=O) groups is 2. The Morgan fingerprint density at radius 2 is 2.05 bits per heavy atom. The number of methoxy groups -OCH3 is 1. The van der Waals surface area contributed by atoms with E-state index in [4.69, 9.17) is 14.6 Å². The van der Waals surface area contributed by atoms with Crippen LogP contribution in [0.5, 0.6) is 0 Å². The maximum absolute atomic E-state index is 11.5. The van der Waals surface area contributed by atoms with E-state index in [0.717, 1.165) is 0 Å². The fourth-order valence-corrected chi connectivity index (χ4v) is 2.09. The van der Waals surface area contributed by atoms with Crippen molar-refractivity contribution in [2.45, 2.75) is 31.8 Å². The molecule has 7 heteroatoms. The van der Waals surface area contributed by atoms with E-state index in [0.29, 0.717) is 32.5 Å². The molecule has 0 spiro atoms. The van der Waals surface area contributed by atoms with Crippen molar-refractivity contribution in [1.82, 2.24) is 10.2 Å². The van der Waals surface area contributed by atoms with Gasteiger partial charge in [0, 0.05) is 26.2 Å². The minimum atomic E-state index is -0.922. The number of aliphatic carboxylic acids is 1. The first-order valence-corrected chi connectivity index (χ1v) is 6.48. The summed E-state index contributed by atoms with van der Waals surface area (Å²) in [5.74, 6) is -0.922. The van der Waals surface area contributed by atoms with E-state index in [9.17, 15) is 9.59 Å². The summed E-state index contributed by atoms with van der Waals surface area (Å²) in [6.45, 7) is 3.43. The quantitative estimate of drug-likeness (QED) is 0.724. The third-order valence-electron chi connectivity index (χ3n) is 3.09. The Kier molecular flexibility index (Phi) is 6.58. The molecule has 0 bridgehead atoms. The van der Waals surface area contributed by atoms with Crippen LogP contribution in [0.25, 0.3) is 0 Å². The molecule has 1 saturated heterocycles. The summed E-state index contributed by atoms with van der Waals surface area (Å²) in [5.41, 5.74) is 0. The predicted molar refractivity (Wildman–Crippen MR) is 68.1 cm³/mol. The number of hydrogen-bond donors (Lipinski definition) is 2. The van der Waals surface area contributed by atoms with Gasteiger partial charge < -0.3 is 19.5 Å².